The van der Waals surface area contributed by atoms with E-state index in [4.69, 9.17) is 0 Å². The molecule has 0 spiro atoms. The lowest BCUT2D eigenvalue weighted by Gasteiger charge is -2.07. The van der Waals surface area contributed by atoms with Crippen LogP contribution in [0.4, 0.5) is 5.95 Å². The molecule has 0 fully saturated rings. The third kappa shape index (κ3) is 12.4. The van der Waals surface area contributed by atoms with Crippen LogP contribution in [0.3, 0.4) is 0 Å². The van der Waals surface area contributed by atoms with Crippen molar-refractivity contribution in [2.45, 2.75) is 85.1 Å². The molecule has 1 amide bonds. The van der Waals surface area contributed by atoms with E-state index in [2.05, 4.69) is 102 Å². The summed E-state index contributed by atoms with van der Waals surface area (Å²) in [5.41, 5.74) is 1.51. The first-order valence-electron chi connectivity index (χ1n) is 13.3. The quantitative estimate of drug-likeness (QED) is 0.182. The Morgan fingerprint density at radius 1 is 0.917 bits per heavy atom. The van der Waals surface area contributed by atoms with Gasteiger partial charge in [-0.2, -0.15) is 4.98 Å². The number of nitrogens with one attached hydrogen (secondary N) is 1. The number of amides is 1. The minimum Gasteiger partial charge on any atom is -0.315 e. The first-order chi connectivity index (χ1) is 17.6. The summed E-state index contributed by atoms with van der Waals surface area (Å²) in [6.45, 7) is 7.39. The molecule has 0 aromatic carbocycles. The number of aryl methyl sites for hydroxylation is 1. The predicted molar refractivity (Wildman–Crippen MR) is 152 cm³/mol. The highest BCUT2D eigenvalue weighted by atomic mass is 16.1. The summed E-state index contributed by atoms with van der Waals surface area (Å²) in [6, 6.07) is 0. The molecule has 6 nitrogen and oxygen atoms in total. The number of nitrogens with zero attached hydrogens (tertiary/aromatic N) is 4. The van der Waals surface area contributed by atoms with E-state index in [0.717, 1.165) is 69.1 Å². The summed E-state index contributed by atoms with van der Waals surface area (Å²) in [5, 5.41) is 2.82. The lowest BCUT2D eigenvalue weighted by Crippen LogP contribution is -2.14. The van der Waals surface area contributed by atoms with Crippen LogP contribution in [-0.2, 0) is 11.3 Å². The Bertz CT molecular complexity index is 1040. The van der Waals surface area contributed by atoms with Gasteiger partial charge in [0.25, 0.3) is 0 Å². The molecule has 6 heteroatoms. The van der Waals surface area contributed by atoms with Gasteiger partial charge in [-0.3, -0.25) is 10.1 Å². The van der Waals surface area contributed by atoms with Crippen molar-refractivity contribution in [3.05, 3.63) is 73.3 Å². The number of hydrogen-bond acceptors (Lipinski definition) is 4. The highest BCUT2D eigenvalue weighted by Gasteiger charge is 2.09. The van der Waals surface area contributed by atoms with Gasteiger partial charge in [0.15, 0.2) is 5.65 Å². The molecule has 2 heterocycles. The average molecular weight is 490 g/mol. The van der Waals surface area contributed by atoms with E-state index in [9.17, 15) is 4.79 Å². The van der Waals surface area contributed by atoms with Crippen LogP contribution in [0.2, 0.25) is 0 Å². The van der Waals surface area contributed by atoms with Gasteiger partial charge in [-0.25, -0.2) is 9.97 Å². The van der Waals surface area contributed by atoms with Gasteiger partial charge in [-0.1, -0.05) is 81.5 Å². The second-order valence-corrected chi connectivity index (χ2v) is 9.17. The summed E-state index contributed by atoms with van der Waals surface area (Å²) >= 11 is 0. The maximum absolute atomic E-state index is 12.3. The van der Waals surface area contributed by atoms with E-state index in [-0.39, 0.29) is 5.91 Å². The molecule has 0 saturated carbocycles. The van der Waals surface area contributed by atoms with Crippen molar-refractivity contribution in [3.63, 3.8) is 0 Å². The zero-order valence-electron chi connectivity index (χ0n) is 22.3. The monoisotopic (exact) mass is 489 g/mol. The average Bonchev–Trinajstić information content (AvgIpc) is 3.27. The molecular weight excluding hydrogens is 446 g/mol. The molecule has 0 aliphatic rings. The smallest absolute Gasteiger partial charge is 0.231 e. The van der Waals surface area contributed by atoms with Crippen LogP contribution in [-0.4, -0.2) is 25.4 Å². The summed E-state index contributed by atoms with van der Waals surface area (Å²) in [5.74, 6) is 0.884. The lowest BCUT2D eigenvalue weighted by molar-refractivity contribution is -0.116. The van der Waals surface area contributed by atoms with Gasteiger partial charge in [-0.15, -0.1) is 0 Å². The van der Waals surface area contributed by atoms with Crippen molar-refractivity contribution in [3.8, 4) is 0 Å². The largest absolute Gasteiger partial charge is 0.315 e. The Morgan fingerprint density at radius 2 is 1.53 bits per heavy atom. The van der Waals surface area contributed by atoms with E-state index >= 15 is 0 Å². The fraction of sp³-hybridized carbons (Fsp3) is 0.467. The molecule has 2 rings (SSSR count). The molecule has 0 bridgehead atoms. The van der Waals surface area contributed by atoms with Crippen LogP contribution in [0, 0.1) is 5.92 Å². The SMILES string of the molecule is CC/C=C\C/C=C\C/C=C\C/C=C\C/C=C\CCCC(=O)Nc1ncc2ncn(CCC(C)C)c2n1. The van der Waals surface area contributed by atoms with Crippen molar-refractivity contribution in [1.29, 1.82) is 0 Å². The van der Waals surface area contributed by atoms with Gasteiger partial charge in [0.2, 0.25) is 11.9 Å². The summed E-state index contributed by atoms with van der Waals surface area (Å²) in [4.78, 5) is 25.4. The highest BCUT2D eigenvalue weighted by Crippen LogP contribution is 2.14. The van der Waals surface area contributed by atoms with Crippen molar-refractivity contribution < 1.29 is 4.79 Å². The maximum atomic E-state index is 12.3. The minimum absolute atomic E-state index is 0.0602. The Kier molecular flexibility index (Phi) is 14.5. The number of rotatable bonds is 17. The highest BCUT2D eigenvalue weighted by molar-refractivity contribution is 5.89. The second-order valence-electron chi connectivity index (χ2n) is 9.17. The number of hydrogen-bond donors (Lipinski definition) is 1. The van der Waals surface area contributed by atoms with E-state index in [1.807, 2.05) is 4.57 Å². The molecule has 1 N–H and O–H groups in total. The molecule has 0 aliphatic carbocycles. The maximum Gasteiger partial charge on any atom is 0.231 e. The second kappa shape index (κ2) is 18.1. The van der Waals surface area contributed by atoms with Crippen LogP contribution >= 0.6 is 0 Å². The molecule has 0 atom stereocenters. The van der Waals surface area contributed by atoms with Gasteiger partial charge < -0.3 is 4.57 Å². The fourth-order valence-electron chi connectivity index (χ4n) is 3.41. The zero-order valence-corrected chi connectivity index (χ0v) is 22.3. The first-order valence-corrected chi connectivity index (χ1v) is 13.3. The molecule has 194 valence electrons. The Morgan fingerprint density at radius 3 is 2.14 bits per heavy atom. The number of unbranched alkanes of at least 4 members (excludes halogenated alkanes) is 1. The third-order valence-corrected chi connectivity index (χ3v) is 5.49. The van der Waals surface area contributed by atoms with Crippen molar-refractivity contribution >= 4 is 23.0 Å². The van der Waals surface area contributed by atoms with E-state index in [1.165, 1.54) is 0 Å². The Labute approximate surface area is 217 Å². The molecule has 0 aliphatic heterocycles. The van der Waals surface area contributed by atoms with Crippen molar-refractivity contribution in [2.75, 3.05) is 5.32 Å². The molecule has 2 aromatic heterocycles. The summed E-state index contributed by atoms with van der Waals surface area (Å²) in [6.07, 6.45) is 33.5. The van der Waals surface area contributed by atoms with Gasteiger partial charge in [-0.05, 0) is 57.3 Å². The lowest BCUT2D eigenvalue weighted by atomic mass is 10.1. The number of anilines is 1. The summed E-state index contributed by atoms with van der Waals surface area (Å²) < 4.78 is 2.02. The Hall–Kier alpha value is -3.28. The third-order valence-electron chi connectivity index (χ3n) is 5.49. The fourth-order valence-corrected chi connectivity index (χ4v) is 3.41. The van der Waals surface area contributed by atoms with Crippen molar-refractivity contribution in [2.24, 2.45) is 5.92 Å². The Balaban J connectivity index is 1.58. The zero-order chi connectivity index (χ0) is 25.8. The van der Waals surface area contributed by atoms with Gasteiger partial charge in [0.05, 0.1) is 12.5 Å². The van der Waals surface area contributed by atoms with Crippen LogP contribution in [0.25, 0.3) is 11.2 Å². The summed E-state index contributed by atoms with van der Waals surface area (Å²) in [7, 11) is 0. The number of allylic oxidation sites excluding steroid dienone is 10. The minimum atomic E-state index is -0.0602. The van der Waals surface area contributed by atoms with Crippen LogP contribution < -0.4 is 5.32 Å². The molecular formula is C30H43N5O. The standard InChI is InChI=1S/C30H43N5O/c1-4-5-6-7-8-9-10-11-12-13-14-15-16-17-18-19-20-21-28(36)33-30-31-24-27-29(34-30)35(25-32-27)23-22-26(2)3/h5-6,8-9,11-12,14-15,17-18,24-26H,4,7,10,13,16,19-23H2,1-3H3,(H,31,33,34,36)/b6-5-,9-8-,12-11-,15-14-,18-17-. The van der Waals surface area contributed by atoms with Crippen LogP contribution in [0.1, 0.15) is 78.6 Å². The number of imidazole rings is 1. The van der Waals surface area contributed by atoms with Gasteiger partial charge in [0, 0.05) is 13.0 Å². The van der Waals surface area contributed by atoms with E-state index < -0.39 is 0 Å². The van der Waals surface area contributed by atoms with Crippen LogP contribution in [0.5, 0.6) is 0 Å². The van der Waals surface area contributed by atoms with Crippen molar-refractivity contribution in [1.82, 2.24) is 19.5 Å². The van der Waals surface area contributed by atoms with E-state index in [0.29, 0.717) is 18.3 Å². The normalized spacial score (nSPS) is 12.7. The molecule has 0 unspecified atom stereocenters. The number of carbonyl (C=O) groups is 1. The first kappa shape index (κ1) is 29.0. The number of carbonyl (C=O) groups excluding carboxylic acids is 1. The van der Waals surface area contributed by atoms with E-state index in [1.54, 1.807) is 12.5 Å². The number of fused-ring (bicyclic) bond motifs is 1. The molecule has 0 radical (unpaired) electrons. The molecule has 2 aromatic rings. The van der Waals surface area contributed by atoms with Crippen LogP contribution in [0.15, 0.2) is 73.3 Å². The number of aromatic nitrogens is 4. The molecule has 36 heavy (non-hydrogen) atoms. The predicted octanol–water partition coefficient (Wildman–Crippen LogP) is 7.73. The topological polar surface area (TPSA) is 72.7 Å². The van der Waals surface area contributed by atoms with Gasteiger partial charge >= 0.3 is 0 Å². The van der Waals surface area contributed by atoms with Gasteiger partial charge in [0.1, 0.15) is 5.52 Å². The molecule has 0 saturated heterocycles.